The van der Waals surface area contributed by atoms with Gasteiger partial charge in [0, 0.05) is 11.3 Å². The van der Waals surface area contributed by atoms with Crippen molar-refractivity contribution >= 4 is 44.4 Å². The van der Waals surface area contributed by atoms with Crippen molar-refractivity contribution in [3.8, 4) is 0 Å². The molecule has 0 amide bonds. The first-order chi connectivity index (χ1) is 17.5. The van der Waals surface area contributed by atoms with Crippen molar-refractivity contribution in [2.75, 3.05) is 5.73 Å². The highest BCUT2D eigenvalue weighted by Gasteiger charge is 2.42. The standard InChI is InChI=1S/C29H35FN2O3S2/c1-5-6-7-12-29(13-11-18-9-8-10-19(30)14-18)17-22(33)25(26(34)35-29)36-23-16-24-21(32-27(31)37-24)15-20(23)28(2,3)4/h8-10,14-16,33H,5-7,11-13,17H2,1-4H3,(H2,31,32). The van der Waals surface area contributed by atoms with E-state index in [-0.39, 0.29) is 28.3 Å². The van der Waals surface area contributed by atoms with E-state index in [9.17, 15) is 14.3 Å². The number of nitrogens with two attached hydrogens (primary N) is 1. The summed E-state index contributed by atoms with van der Waals surface area (Å²) >= 11 is 2.65. The second-order valence-corrected chi connectivity index (χ2v) is 12.9. The van der Waals surface area contributed by atoms with E-state index in [4.69, 9.17) is 10.5 Å². The van der Waals surface area contributed by atoms with Crippen LogP contribution in [-0.2, 0) is 21.4 Å². The van der Waals surface area contributed by atoms with Crippen LogP contribution in [0.15, 0.2) is 52.0 Å². The molecule has 37 heavy (non-hydrogen) atoms. The maximum absolute atomic E-state index is 13.7. The molecule has 0 bridgehead atoms. The summed E-state index contributed by atoms with van der Waals surface area (Å²) in [6.07, 6.45) is 4.93. The number of carbonyl (C=O) groups is 1. The van der Waals surface area contributed by atoms with Gasteiger partial charge in [-0.05, 0) is 66.5 Å². The lowest BCUT2D eigenvalue weighted by Gasteiger charge is -2.37. The molecular weight excluding hydrogens is 507 g/mol. The van der Waals surface area contributed by atoms with Crippen LogP contribution in [0.4, 0.5) is 9.52 Å². The number of hydrogen-bond acceptors (Lipinski definition) is 7. The molecule has 1 aliphatic heterocycles. The zero-order valence-electron chi connectivity index (χ0n) is 21.9. The molecule has 3 N–H and O–H groups in total. The number of anilines is 1. The summed E-state index contributed by atoms with van der Waals surface area (Å²) in [6.45, 7) is 8.43. The Morgan fingerprint density at radius 2 is 2.00 bits per heavy atom. The molecule has 1 unspecified atom stereocenters. The molecule has 0 saturated heterocycles. The minimum absolute atomic E-state index is 0.0563. The Balaban J connectivity index is 1.64. The highest BCUT2D eigenvalue weighted by molar-refractivity contribution is 8.04. The Labute approximate surface area is 226 Å². The van der Waals surface area contributed by atoms with Gasteiger partial charge in [-0.3, -0.25) is 0 Å². The average Bonchev–Trinajstić information content (AvgIpc) is 3.18. The number of nitrogen functional groups attached to an aromatic ring is 1. The van der Waals surface area contributed by atoms with Gasteiger partial charge in [-0.2, -0.15) is 0 Å². The predicted molar refractivity (Wildman–Crippen MR) is 151 cm³/mol. The molecule has 5 nitrogen and oxygen atoms in total. The molecule has 0 aliphatic carbocycles. The Kier molecular flexibility index (Phi) is 8.19. The smallest absolute Gasteiger partial charge is 0.349 e. The summed E-state index contributed by atoms with van der Waals surface area (Å²) in [7, 11) is 0. The van der Waals surface area contributed by atoms with E-state index < -0.39 is 11.6 Å². The Morgan fingerprint density at radius 1 is 1.22 bits per heavy atom. The first kappa shape index (κ1) is 27.5. The zero-order chi connectivity index (χ0) is 26.8. The van der Waals surface area contributed by atoms with Crippen LogP contribution in [-0.4, -0.2) is 21.7 Å². The van der Waals surface area contributed by atoms with Gasteiger partial charge < -0.3 is 15.6 Å². The summed E-state index contributed by atoms with van der Waals surface area (Å²) in [5.41, 5.74) is 7.62. The quantitative estimate of drug-likeness (QED) is 0.210. The highest BCUT2D eigenvalue weighted by Crippen LogP contribution is 2.45. The summed E-state index contributed by atoms with van der Waals surface area (Å²) in [5.74, 6) is -0.733. The van der Waals surface area contributed by atoms with Crippen LogP contribution in [0.2, 0.25) is 0 Å². The van der Waals surface area contributed by atoms with Crippen molar-refractivity contribution in [1.29, 1.82) is 0 Å². The molecule has 3 aromatic rings. The highest BCUT2D eigenvalue weighted by atomic mass is 32.2. The van der Waals surface area contributed by atoms with Gasteiger partial charge in [-0.25, -0.2) is 14.2 Å². The number of aryl methyl sites for hydroxylation is 1. The van der Waals surface area contributed by atoms with E-state index in [2.05, 4.69) is 32.7 Å². The molecule has 0 saturated carbocycles. The number of aliphatic hydroxyl groups excluding tert-OH is 1. The number of halogens is 1. The van der Waals surface area contributed by atoms with Gasteiger partial charge >= 0.3 is 5.97 Å². The zero-order valence-corrected chi connectivity index (χ0v) is 23.5. The molecule has 0 fully saturated rings. The lowest BCUT2D eigenvalue weighted by molar-refractivity contribution is -0.159. The molecule has 0 spiro atoms. The van der Waals surface area contributed by atoms with Gasteiger partial charge in [-0.1, -0.05) is 75.8 Å². The molecule has 1 aromatic heterocycles. The number of rotatable bonds is 9. The molecule has 1 atom stereocenters. The molecule has 2 aromatic carbocycles. The number of hydrogen-bond donors (Lipinski definition) is 2. The largest absolute Gasteiger partial charge is 0.511 e. The van der Waals surface area contributed by atoms with Crippen molar-refractivity contribution in [3.63, 3.8) is 0 Å². The van der Waals surface area contributed by atoms with Gasteiger partial charge in [0.05, 0.1) is 10.2 Å². The lowest BCUT2D eigenvalue weighted by Crippen LogP contribution is -2.40. The third-order valence-corrected chi connectivity index (χ3v) is 8.78. The molecule has 4 rings (SSSR count). The third-order valence-electron chi connectivity index (χ3n) is 6.77. The van der Waals surface area contributed by atoms with Gasteiger partial charge in [0.15, 0.2) is 5.13 Å². The summed E-state index contributed by atoms with van der Waals surface area (Å²) < 4.78 is 20.8. The second kappa shape index (κ2) is 11.0. The number of unbranched alkanes of at least 4 members (excludes halogenated alkanes) is 2. The van der Waals surface area contributed by atoms with Crippen molar-refractivity contribution in [2.24, 2.45) is 0 Å². The monoisotopic (exact) mass is 542 g/mol. The Bertz CT molecular complexity index is 1330. The summed E-state index contributed by atoms with van der Waals surface area (Å²) in [5, 5.41) is 11.7. The van der Waals surface area contributed by atoms with Crippen molar-refractivity contribution < 1.29 is 19.0 Å². The molecular formula is C29H35FN2O3S2. The van der Waals surface area contributed by atoms with Crippen molar-refractivity contribution in [1.82, 2.24) is 4.98 Å². The second-order valence-electron chi connectivity index (χ2n) is 10.8. The molecule has 198 valence electrons. The predicted octanol–water partition coefficient (Wildman–Crippen LogP) is 8.08. The normalized spacial score (nSPS) is 18.5. The van der Waals surface area contributed by atoms with Gasteiger partial charge in [0.1, 0.15) is 22.1 Å². The first-order valence-corrected chi connectivity index (χ1v) is 14.4. The van der Waals surface area contributed by atoms with Gasteiger partial charge in [0.2, 0.25) is 0 Å². The van der Waals surface area contributed by atoms with E-state index in [1.807, 2.05) is 18.2 Å². The van der Waals surface area contributed by atoms with Crippen LogP contribution in [0.1, 0.15) is 77.3 Å². The number of thioether (sulfide) groups is 1. The van der Waals surface area contributed by atoms with E-state index in [1.165, 1.54) is 35.2 Å². The van der Waals surface area contributed by atoms with Crippen LogP contribution >= 0.6 is 23.1 Å². The van der Waals surface area contributed by atoms with Crippen LogP contribution in [0.3, 0.4) is 0 Å². The minimum atomic E-state index is -0.810. The number of fused-ring (bicyclic) bond motifs is 1. The van der Waals surface area contributed by atoms with Crippen molar-refractivity contribution in [3.05, 3.63) is 64.0 Å². The number of thiazole rings is 1. The average molecular weight is 543 g/mol. The fraction of sp³-hybridized carbons (Fsp3) is 0.448. The summed E-state index contributed by atoms with van der Waals surface area (Å²) in [6, 6.07) is 10.5. The number of nitrogens with zero attached hydrogens (tertiary/aromatic N) is 1. The fourth-order valence-corrected chi connectivity index (χ4v) is 6.82. The topological polar surface area (TPSA) is 85.4 Å². The van der Waals surface area contributed by atoms with Crippen LogP contribution in [0.5, 0.6) is 0 Å². The van der Waals surface area contributed by atoms with Crippen LogP contribution in [0, 0.1) is 5.82 Å². The number of carbonyl (C=O) groups excluding carboxylic acids is 1. The number of cyclic esters (lactones) is 1. The maximum atomic E-state index is 13.7. The maximum Gasteiger partial charge on any atom is 0.349 e. The SMILES string of the molecule is CCCCCC1(CCc2cccc(F)c2)CC(O)=C(Sc2cc3sc(N)nc3cc2C(C)(C)C)C(=O)O1. The van der Waals surface area contributed by atoms with E-state index >= 15 is 0 Å². The molecule has 0 radical (unpaired) electrons. The minimum Gasteiger partial charge on any atom is -0.511 e. The third kappa shape index (κ3) is 6.47. The fourth-order valence-electron chi connectivity index (χ4n) is 4.80. The van der Waals surface area contributed by atoms with E-state index in [1.54, 1.807) is 6.07 Å². The van der Waals surface area contributed by atoms with E-state index in [0.717, 1.165) is 45.5 Å². The number of ether oxygens (including phenoxy) is 1. The Morgan fingerprint density at radius 3 is 2.68 bits per heavy atom. The number of aromatic nitrogens is 1. The summed E-state index contributed by atoms with van der Waals surface area (Å²) in [4.78, 5) is 18.9. The molecule has 8 heteroatoms. The van der Waals surface area contributed by atoms with Crippen LogP contribution < -0.4 is 5.73 Å². The van der Waals surface area contributed by atoms with Gasteiger partial charge in [0.25, 0.3) is 0 Å². The Hall–Kier alpha value is -2.58. The van der Waals surface area contributed by atoms with E-state index in [0.29, 0.717) is 24.4 Å². The van der Waals surface area contributed by atoms with Crippen molar-refractivity contribution in [2.45, 2.75) is 88.6 Å². The lowest BCUT2D eigenvalue weighted by atomic mass is 9.84. The molecule has 1 aliphatic rings. The first-order valence-electron chi connectivity index (χ1n) is 12.8. The molecule has 2 heterocycles. The number of aliphatic hydroxyl groups is 1. The number of benzene rings is 2. The van der Waals surface area contributed by atoms with Gasteiger partial charge in [-0.15, -0.1) is 0 Å². The van der Waals surface area contributed by atoms with Crippen LogP contribution in [0.25, 0.3) is 10.2 Å². The number of esters is 1.